The maximum atomic E-state index is 14.1. The van der Waals surface area contributed by atoms with Gasteiger partial charge in [0.25, 0.3) is 5.91 Å². The number of fused-ring (bicyclic) bond motifs is 1. The molecule has 39 heavy (non-hydrogen) atoms. The molecule has 0 aromatic heterocycles. The first kappa shape index (κ1) is 29.4. The number of benzene rings is 3. The summed E-state index contributed by atoms with van der Waals surface area (Å²) in [7, 11) is 0. The van der Waals surface area contributed by atoms with Crippen LogP contribution in [0.1, 0.15) is 52.6 Å². The van der Waals surface area contributed by atoms with E-state index in [4.69, 9.17) is 4.74 Å². The van der Waals surface area contributed by atoms with Crippen molar-refractivity contribution in [2.75, 3.05) is 11.9 Å². The van der Waals surface area contributed by atoms with Crippen LogP contribution in [0.4, 0.5) is 10.5 Å². The van der Waals surface area contributed by atoms with Crippen LogP contribution in [0, 0.1) is 5.92 Å². The molecule has 3 rings (SSSR count). The quantitative estimate of drug-likeness (QED) is 0.295. The van der Waals surface area contributed by atoms with Crippen LogP contribution in [-0.2, 0) is 14.3 Å². The molecule has 7 nitrogen and oxygen atoms in total. The van der Waals surface area contributed by atoms with E-state index in [1.54, 1.807) is 26.8 Å². The molecule has 7 heteroatoms. The lowest BCUT2D eigenvalue weighted by atomic mass is 9.95. The maximum Gasteiger partial charge on any atom is 0.408 e. The average Bonchev–Trinajstić information content (AvgIpc) is 2.90. The molecule has 0 aliphatic carbocycles. The van der Waals surface area contributed by atoms with Crippen LogP contribution in [-0.4, -0.2) is 41.0 Å². The van der Waals surface area contributed by atoms with Gasteiger partial charge in [0, 0.05) is 12.2 Å². The molecule has 3 aromatic rings. The number of nitrogens with one attached hydrogen (secondary N) is 2. The second-order valence-corrected chi connectivity index (χ2v) is 10.7. The highest BCUT2D eigenvalue weighted by Gasteiger charge is 2.37. The predicted molar refractivity (Wildman–Crippen MR) is 156 cm³/mol. The number of rotatable bonds is 10. The Kier molecular flexibility index (Phi) is 9.88. The molecule has 0 aliphatic heterocycles. The van der Waals surface area contributed by atoms with E-state index in [9.17, 15) is 14.4 Å². The van der Waals surface area contributed by atoms with Crippen LogP contribution >= 0.6 is 0 Å². The molecule has 0 radical (unpaired) electrons. The minimum absolute atomic E-state index is 0.104. The molecule has 0 saturated heterocycles. The van der Waals surface area contributed by atoms with Crippen molar-refractivity contribution in [1.29, 1.82) is 0 Å². The van der Waals surface area contributed by atoms with Crippen molar-refractivity contribution in [2.45, 2.75) is 58.7 Å². The molecule has 0 spiro atoms. The van der Waals surface area contributed by atoms with Crippen molar-refractivity contribution in [1.82, 2.24) is 10.2 Å². The summed E-state index contributed by atoms with van der Waals surface area (Å²) >= 11 is 0. The first-order valence-corrected chi connectivity index (χ1v) is 13.3. The number of hydrogen-bond acceptors (Lipinski definition) is 4. The third-order valence-corrected chi connectivity index (χ3v) is 6.45. The molecule has 3 atom stereocenters. The van der Waals surface area contributed by atoms with Crippen molar-refractivity contribution in [3.63, 3.8) is 0 Å². The Morgan fingerprint density at radius 1 is 0.974 bits per heavy atom. The number of nitrogens with zero attached hydrogens (tertiary/aromatic N) is 1. The lowest BCUT2D eigenvalue weighted by molar-refractivity contribution is -0.141. The molecular weight excluding hydrogens is 490 g/mol. The van der Waals surface area contributed by atoms with Crippen LogP contribution in [0.25, 0.3) is 10.8 Å². The molecule has 206 valence electrons. The lowest BCUT2D eigenvalue weighted by Crippen LogP contribution is -2.54. The maximum absolute atomic E-state index is 14.1. The summed E-state index contributed by atoms with van der Waals surface area (Å²) in [5.41, 5.74) is 0.544. The van der Waals surface area contributed by atoms with E-state index in [2.05, 4.69) is 17.2 Å². The highest BCUT2D eigenvalue weighted by atomic mass is 16.6. The molecular formula is C32H39N3O4. The first-order valence-electron chi connectivity index (χ1n) is 13.3. The zero-order valence-corrected chi connectivity index (χ0v) is 23.4. The third-order valence-electron chi connectivity index (χ3n) is 6.45. The van der Waals surface area contributed by atoms with Gasteiger partial charge in [-0.15, -0.1) is 6.58 Å². The fourth-order valence-corrected chi connectivity index (χ4v) is 4.34. The second-order valence-electron chi connectivity index (χ2n) is 10.7. The van der Waals surface area contributed by atoms with E-state index in [0.29, 0.717) is 17.7 Å². The monoisotopic (exact) mass is 529 g/mol. The molecule has 3 amide bonds. The van der Waals surface area contributed by atoms with E-state index >= 15 is 0 Å². The topological polar surface area (TPSA) is 87.7 Å². The SMILES string of the molecule is C=CCN(C(=O)C(NC(=O)OC(C)(C)C)C(C)CC)C(C(=O)Nc1ccc2ccccc2c1)c1ccccc1. The molecule has 0 fully saturated rings. The van der Waals surface area contributed by atoms with Crippen LogP contribution < -0.4 is 10.6 Å². The summed E-state index contributed by atoms with van der Waals surface area (Å²) in [4.78, 5) is 42.2. The number of hydrogen-bond donors (Lipinski definition) is 2. The number of ether oxygens (including phenoxy) is 1. The van der Waals surface area contributed by atoms with E-state index in [0.717, 1.165) is 10.8 Å². The Balaban J connectivity index is 1.98. The molecule has 2 N–H and O–H groups in total. The number of alkyl carbamates (subject to hydrolysis) is 1. The van der Waals surface area contributed by atoms with Gasteiger partial charge in [-0.05, 0) is 55.2 Å². The Morgan fingerprint density at radius 3 is 2.23 bits per heavy atom. The number of carbonyl (C=O) groups excluding carboxylic acids is 3. The van der Waals surface area contributed by atoms with Crippen molar-refractivity contribution in [2.24, 2.45) is 5.92 Å². The highest BCUT2D eigenvalue weighted by molar-refractivity contribution is 6.00. The zero-order valence-electron chi connectivity index (χ0n) is 23.4. The average molecular weight is 530 g/mol. The zero-order chi connectivity index (χ0) is 28.6. The summed E-state index contributed by atoms with van der Waals surface area (Å²) in [6.45, 7) is 13.1. The van der Waals surface area contributed by atoms with Crippen molar-refractivity contribution in [3.8, 4) is 0 Å². The summed E-state index contributed by atoms with van der Waals surface area (Å²) in [5, 5.41) is 7.81. The van der Waals surface area contributed by atoms with Gasteiger partial charge in [0.05, 0.1) is 0 Å². The molecule has 0 bridgehead atoms. The van der Waals surface area contributed by atoms with E-state index in [1.165, 1.54) is 4.90 Å². The minimum Gasteiger partial charge on any atom is -0.444 e. The molecule has 3 aromatic carbocycles. The van der Waals surface area contributed by atoms with Crippen LogP contribution in [0.15, 0.2) is 85.5 Å². The van der Waals surface area contributed by atoms with Gasteiger partial charge >= 0.3 is 6.09 Å². The number of anilines is 1. The van der Waals surface area contributed by atoms with E-state index < -0.39 is 29.7 Å². The molecule has 0 saturated carbocycles. The molecule has 0 aliphatic rings. The number of carbonyl (C=O) groups is 3. The summed E-state index contributed by atoms with van der Waals surface area (Å²) < 4.78 is 5.44. The van der Waals surface area contributed by atoms with Crippen molar-refractivity contribution in [3.05, 3.63) is 91.0 Å². The highest BCUT2D eigenvalue weighted by Crippen LogP contribution is 2.27. The van der Waals surface area contributed by atoms with Crippen molar-refractivity contribution < 1.29 is 19.1 Å². The second kappa shape index (κ2) is 13.1. The van der Waals surface area contributed by atoms with Gasteiger partial charge in [-0.3, -0.25) is 9.59 Å². The third kappa shape index (κ3) is 7.93. The van der Waals surface area contributed by atoms with Gasteiger partial charge in [-0.1, -0.05) is 87.0 Å². The van der Waals surface area contributed by atoms with Crippen molar-refractivity contribution >= 4 is 34.4 Å². The van der Waals surface area contributed by atoms with Gasteiger partial charge in [-0.25, -0.2) is 4.79 Å². The Labute approximate surface area is 231 Å². The fraction of sp³-hybridized carbons (Fsp3) is 0.344. The fourth-order valence-electron chi connectivity index (χ4n) is 4.34. The Bertz CT molecular complexity index is 1300. The van der Waals surface area contributed by atoms with Gasteiger partial charge in [0.1, 0.15) is 17.7 Å². The predicted octanol–water partition coefficient (Wildman–Crippen LogP) is 6.47. The summed E-state index contributed by atoms with van der Waals surface area (Å²) in [6, 6.07) is 20.8. The van der Waals surface area contributed by atoms with Crippen LogP contribution in [0.3, 0.4) is 0 Å². The first-order chi connectivity index (χ1) is 18.5. The van der Waals surface area contributed by atoms with Gasteiger partial charge < -0.3 is 20.3 Å². The minimum atomic E-state index is -0.963. The normalized spacial score (nSPS) is 13.6. The van der Waals surface area contributed by atoms with Gasteiger partial charge in [-0.2, -0.15) is 0 Å². The Morgan fingerprint density at radius 2 is 1.62 bits per heavy atom. The van der Waals surface area contributed by atoms with Crippen LogP contribution in [0.5, 0.6) is 0 Å². The molecule has 3 unspecified atom stereocenters. The van der Waals surface area contributed by atoms with Gasteiger partial charge in [0.2, 0.25) is 5.91 Å². The smallest absolute Gasteiger partial charge is 0.408 e. The lowest BCUT2D eigenvalue weighted by Gasteiger charge is -2.35. The van der Waals surface area contributed by atoms with E-state index in [-0.39, 0.29) is 18.4 Å². The number of amides is 3. The van der Waals surface area contributed by atoms with E-state index in [1.807, 2.05) is 86.6 Å². The summed E-state index contributed by atoms with van der Waals surface area (Å²) in [6.07, 6.45) is 1.53. The molecule has 0 heterocycles. The standard InChI is InChI=1S/C32H39N3O4/c1-7-20-35(30(37)27(22(3)8-2)34-31(38)39-32(4,5)6)28(24-15-10-9-11-16-24)29(36)33-26-19-18-23-14-12-13-17-25(23)21-26/h7,9-19,21-22,27-28H,1,8,20H2,2-6H3,(H,33,36)(H,34,38). The Hall–Kier alpha value is -4.13. The largest absolute Gasteiger partial charge is 0.444 e. The summed E-state index contributed by atoms with van der Waals surface area (Å²) in [5.74, 6) is -0.971. The van der Waals surface area contributed by atoms with Crippen LogP contribution in [0.2, 0.25) is 0 Å². The van der Waals surface area contributed by atoms with Gasteiger partial charge in [0.15, 0.2) is 0 Å².